The molecular formula is C17H20N2O5S. The highest BCUT2D eigenvalue weighted by atomic mass is 32.2. The summed E-state index contributed by atoms with van der Waals surface area (Å²) in [7, 11) is -1.92. The van der Waals surface area contributed by atoms with Gasteiger partial charge in [0, 0.05) is 5.92 Å². The van der Waals surface area contributed by atoms with Gasteiger partial charge in [-0.1, -0.05) is 19.1 Å². The maximum absolute atomic E-state index is 11.9. The number of primary amides is 1. The van der Waals surface area contributed by atoms with Crippen LogP contribution in [0, 0.1) is 0 Å². The molecule has 0 aliphatic rings. The first kappa shape index (κ1) is 18.9. The number of benzene rings is 1. The summed E-state index contributed by atoms with van der Waals surface area (Å²) in [5.41, 5.74) is 6.59. The van der Waals surface area contributed by atoms with Crippen molar-refractivity contribution in [2.75, 3.05) is 19.5 Å². The molecule has 0 fully saturated rings. The Bertz CT molecular complexity index is 863. The molecule has 2 aromatic rings. The van der Waals surface area contributed by atoms with Gasteiger partial charge in [0.1, 0.15) is 5.56 Å². The van der Waals surface area contributed by atoms with Crippen LogP contribution in [-0.2, 0) is 9.84 Å². The van der Waals surface area contributed by atoms with Crippen molar-refractivity contribution in [1.29, 1.82) is 0 Å². The Morgan fingerprint density at radius 2 is 1.88 bits per heavy atom. The molecule has 0 aliphatic heterocycles. The first-order valence-electron chi connectivity index (χ1n) is 7.62. The zero-order valence-electron chi connectivity index (χ0n) is 14.0. The molecule has 0 aliphatic carbocycles. The van der Waals surface area contributed by atoms with Crippen LogP contribution in [0.3, 0.4) is 0 Å². The summed E-state index contributed by atoms with van der Waals surface area (Å²) in [5, 5.41) is 9.76. The van der Waals surface area contributed by atoms with Crippen molar-refractivity contribution >= 4 is 15.7 Å². The van der Waals surface area contributed by atoms with Gasteiger partial charge in [0.2, 0.25) is 5.88 Å². The normalized spacial score (nSPS) is 12.6. The summed E-state index contributed by atoms with van der Waals surface area (Å²) in [6.07, 6.45) is 0. The molecule has 1 aromatic carbocycles. The fraction of sp³-hybridized carbons (Fsp3) is 0.294. The molecular weight excluding hydrogens is 344 g/mol. The summed E-state index contributed by atoms with van der Waals surface area (Å²) in [5.74, 6) is -1.06. The fourth-order valence-electron chi connectivity index (χ4n) is 2.44. The predicted octanol–water partition coefficient (Wildman–Crippen LogP) is 1.11. The second kappa shape index (κ2) is 7.62. The summed E-state index contributed by atoms with van der Waals surface area (Å²) < 4.78 is 28.9. The van der Waals surface area contributed by atoms with Gasteiger partial charge in [0.25, 0.3) is 5.91 Å². The monoisotopic (exact) mass is 364 g/mol. The van der Waals surface area contributed by atoms with E-state index in [9.17, 15) is 18.3 Å². The van der Waals surface area contributed by atoms with E-state index in [1.54, 1.807) is 25.1 Å². The van der Waals surface area contributed by atoms with Gasteiger partial charge in [-0.05, 0) is 29.8 Å². The Labute approximate surface area is 146 Å². The number of carbonyl (C=O) groups excluding carboxylic acids is 1. The number of amides is 1. The fourth-order valence-corrected chi connectivity index (χ4v) is 3.32. The van der Waals surface area contributed by atoms with Crippen LogP contribution in [0.1, 0.15) is 34.5 Å². The topological polar surface area (TPSA) is 120 Å². The molecule has 2 rings (SSSR count). The van der Waals surface area contributed by atoms with Crippen molar-refractivity contribution in [2.45, 2.75) is 17.7 Å². The van der Waals surface area contributed by atoms with E-state index in [1.807, 2.05) is 0 Å². The molecule has 25 heavy (non-hydrogen) atoms. The van der Waals surface area contributed by atoms with E-state index in [-0.39, 0.29) is 28.7 Å². The Morgan fingerprint density at radius 1 is 1.24 bits per heavy atom. The molecule has 1 atom stereocenters. The van der Waals surface area contributed by atoms with E-state index in [2.05, 4.69) is 4.98 Å². The van der Waals surface area contributed by atoms with Crippen LogP contribution >= 0.6 is 0 Å². The van der Waals surface area contributed by atoms with Crippen molar-refractivity contribution in [3.05, 3.63) is 53.2 Å². The zero-order valence-corrected chi connectivity index (χ0v) is 14.8. The van der Waals surface area contributed by atoms with Gasteiger partial charge in [0.05, 0.1) is 30.1 Å². The highest BCUT2D eigenvalue weighted by Gasteiger charge is 2.20. The molecule has 8 heteroatoms. The van der Waals surface area contributed by atoms with Crippen molar-refractivity contribution in [2.24, 2.45) is 5.73 Å². The molecule has 0 saturated heterocycles. The molecule has 134 valence electrons. The third-order valence-electron chi connectivity index (χ3n) is 3.90. The number of ether oxygens (including phenoxy) is 1. The highest BCUT2D eigenvalue weighted by Crippen LogP contribution is 2.27. The van der Waals surface area contributed by atoms with Crippen molar-refractivity contribution in [3.8, 4) is 5.88 Å². The Hall–Kier alpha value is -2.45. The lowest BCUT2D eigenvalue weighted by Gasteiger charge is -2.16. The maximum Gasteiger partial charge on any atom is 0.254 e. The van der Waals surface area contributed by atoms with E-state index in [0.29, 0.717) is 11.3 Å². The number of rotatable bonds is 7. The number of nitrogens with two attached hydrogens (primary N) is 1. The standard InChI is InChI=1S/C17H20N2O5S/c1-3-25(22,23)12-6-4-11(5-7-12)14(10-20)15-9-8-13(16(18)21)17(19-15)24-2/h4-9,14,20H,3,10H2,1-2H3,(H2,18,21)/t14-/m1/s1. The minimum absolute atomic E-state index is 0.0170. The highest BCUT2D eigenvalue weighted by molar-refractivity contribution is 7.91. The number of aliphatic hydroxyl groups is 1. The van der Waals surface area contributed by atoms with Crippen LogP contribution in [0.25, 0.3) is 0 Å². The van der Waals surface area contributed by atoms with Crippen molar-refractivity contribution in [3.63, 3.8) is 0 Å². The number of carbonyl (C=O) groups is 1. The van der Waals surface area contributed by atoms with Gasteiger partial charge >= 0.3 is 0 Å². The summed E-state index contributed by atoms with van der Waals surface area (Å²) in [6.45, 7) is 1.34. The van der Waals surface area contributed by atoms with Gasteiger partial charge in [0.15, 0.2) is 9.84 Å². The van der Waals surface area contributed by atoms with Gasteiger partial charge in [-0.25, -0.2) is 13.4 Å². The van der Waals surface area contributed by atoms with Gasteiger partial charge < -0.3 is 15.6 Å². The minimum Gasteiger partial charge on any atom is -0.480 e. The molecule has 0 saturated carbocycles. The molecule has 1 aromatic heterocycles. The Balaban J connectivity index is 2.42. The van der Waals surface area contributed by atoms with E-state index in [4.69, 9.17) is 10.5 Å². The van der Waals surface area contributed by atoms with Crippen LogP contribution in [-0.4, -0.2) is 43.9 Å². The first-order chi connectivity index (χ1) is 11.8. The third-order valence-corrected chi connectivity index (χ3v) is 5.65. The number of nitrogens with zero attached hydrogens (tertiary/aromatic N) is 1. The van der Waals surface area contributed by atoms with Crippen molar-refractivity contribution in [1.82, 2.24) is 4.98 Å². The second-order valence-electron chi connectivity index (χ2n) is 5.36. The van der Waals surface area contributed by atoms with Gasteiger partial charge in [-0.15, -0.1) is 0 Å². The van der Waals surface area contributed by atoms with E-state index in [0.717, 1.165) is 0 Å². The molecule has 7 nitrogen and oxygen atoms in total. The van der Waals surface area contributed by atoms with Crippen LogP contribution < -0.4 is 10.5 Å². The Kier molecular flexibility index (Phi) is 5.76. The molecule has 0 bridgehead atoms. The second-order valence-corrected chi connectivity index (χ2v) is 7.64. The largest absolute Gasteiger partial charge is 0.480 e. The lowest BCUT2D eigenvalue weighted by Crippen LogP contribution is -2.15. The van der Waals surface area contributed by atoms with Gasteiger partial charge in [-0.2, -0.15) is 0 Å². The number of hydrogen-bond donors (Lipinski definition) is 2. The Morgan fingerprint density at radius 3 is 2.36 bits per heavy atom. The van der Waals surface area contributed by atoms with Crippen LogP contribution in [0.2, 0.25) is 0 Å². The third kappa shape index (κ3) is 3.97. The number of sulfone groups is 1. The SMILES string of the molecule is CCS(=O)(=O)c1ccc([C@@H](CO)c2ccc(C(N)=O)c(OC)n2)cc1. The van der Waals surface area contributed by atoms with E-state index >= 15 is 0 Å². The van der Waals surface area contributed by atoms with Crippen LogP contribution in [0.15, 0.2) is 41.3 Å². The minimum atomic E-state index is -3.29. The average Bonchev–Trinajstić information content (AvgIpc) is 2.62. The maximum atomic E-state index is 11.9. The molecule has 3 N–H and O–H groups in total. The molecule has 0 unspecified atom stereocenters. The zero-order chi connectivity index (χ0) is 18.6. The molecule has 0 radical (unpaired) electrons. The number of pyridine rings is 1. The predicted molar refractivity (Wildman–Crippen MR) is 92.4 cm³/mol. The van der Waals surface area contributed by atoms with Crippen molar-refractivity contribution < 1.29 is 23.1 Å². The van der Waals surface area contributed by atoms with Crippen LogP contribution in [0.5, 0.6) is 5.88 Å². The quantitative estimate of drug-likeness (QED) is 0.759. The van der Waals surface area contributed by atoms with Crippen LogP contribution in [0.4, 0.5) is 0 Å². The van der Waals surface area contributed by atoms with E-state index < -0.39 is 21.7 Å². The average molecular weight is 364 g/mol. The van der Waals surface area contributed by atoms with Gasteiger partial charge in [-0.3, -0.25) is 4.79 Å². The lowest BCUT2D eigenvalue weighted by atomic mass is 9.95. The number of aromatic nitrogens is 1. The summed E-state index contributed by atoms with van der Waals surface area (Å²) in [6, 6.07) is 9.36. The summed E-state index contributed by atoms with van der Waals surface area (Å²) in [4.78, 5) is 15.8. The lowest BCUT2D eigenvalue weighted by molar-refractivity contribution is 0.0996. The number of aliphatic hydroxyl groups excluding tert-OH is 1. The van der Waals surface area contributed by atoms with E-state index in [1.165, 1.54) is 25.3 Å². The number of methoxy groups -OCH3 is 1. The summed E-state index contributed by atoms with van der Waals surface area (Å²) >= 11 is 0. The number of hydrogen-bond acceptors (Lipinski definition) is 6. The smallest absolute Gasteiger partial charge is 0.254 e. The molecule has 1 amide bonds. The molecule has 0 spiro atoms. The molecule has 1 heterocycles. The first-order valence-corrected chi connectivity index (χ1v) is 9.27.